The molecule has 136 valence electrons. The van der Waals surface area contributed by atoms with Gasteiger partial charge in [0.05, 0.1) is 18.5 Å². The summed E-state index contributed by atoms with van der Waals surface area (Å²) in [4.78, 5) is 11.0. The smallest absolute Gasteiger partial charge is 0.232 e. The highest BCUT2D eigenvalue weighted by molar-refractivity contribution is 6.66. The number of alkyl halides is 3. The lowest BCUT2D eigenvalue weighted by Crippen LogP contribution is -2.32. The number of hydrogen-bond acceptors (Lipinski definition) is 5. The summed E-state index contributed by atoms with van der Waals surface area (Å²) in [5.74, 6) is 1.18. The molecular formula is C17H21Cl3N4O. The number of rotatable bonds is 6. The molecule has 8 heteroatoms. The van der Waals surface area contributed by atoms with Gasteiger partial charge in [-0.25, -0.2) is 9.97 Å². The summed E-state index contributed by atoms with van der Waals surface area (Å²) < 4.78 is 3.55. The van der Waals surface area contributed by atoms with Crippen molar-refractivity contribution in [2.45, 2.75) is 16.8 Å². The normalized spacial score (nSPS) is 13.0. The fourth-order valence-corrected chi connectivity index (χ4v) is 2.29. The summed E-state index contributed by atoms with van der Waals surface area (Å²) in [7, 11) is 5.63. The SMILES string of the molecule is COc1ccc(-c2cc(C(Cl)(Cl)Cl)nc(NCC(C)N(C)C)n2)cc1. The average molecular weight is 404 g/mol. The van der Waals surface area contributed by atoms with E-state index in [1.807, 2.05) is 38.4 Å². The molecule has 1 aromatic carbocycles. The Morgan fingerprint density at radius 2 is 1.80 bits per heavy atom. The van der Waals surface area contributed by atoms with Gasteiger partial charge in [0.25, 0.3) is 0 Å². The maximum Gasteiger partial charge on any atom is 0.232 e. The van der Waals surface area contributed by atoms with Crippen molar-refractivity contribution in [3.8, 4) is 17.0 Å². The van der Waals surface area contributed by atoms with E-state index in [0.29, 0.717) is 29.9 Å². The van der Waals surface area contributed by atoms with E-state index in [1.54, 1.807) is 13.2 Å². The van der Waals surface area contributed by atoms with Crippen molar-refractivity contribution in [3.05, 3.63) is 36.0 Å². The largest absolute Gasteiger partial charge is 0.497 e. The van der Waals surface area contributed by atoms with Crippen molar-refractivity contribution in [2.24, 2.45) is 0 Å². The minimum atomic E-state index is -1.63. The summed E-state index contributed by atoms with van der Waals surface area (Å²) in [6, 6.07) is 9.48. The van der Waals surface area contributed by atoms with Gasteiger partial charge in [0, 0.05) is 18.2 Å². The number of halogens is 3. The third kappa shape index (κ3) is 5.61. The molecule has 0 bridgehead atoms. The van der Waals surface area contributed by atoms with E-state index in [-0.39, 0.29) is 0 Å². The summed E-state index contributed by atoms with van der Waals surface area (Å²) in [5.41, 5.74) is 1.86. The second-order valence-electron chi connectivity index (χ2n) is 5.88. The standard InChI is InChI=1S/C17H21Cl3N4O/c1-11(24(2)3)10-21-16-22-14(9-15(23-16)17(18,19)20)12-5-7-13(25-4)8-6-12/h5-9,11H,10H2,1-4H3,(H,21,22,23). The first kappa shape index (κ1) is 20.0. The Morgan fingerprint density at radius 3 is 2.32 bits per heavy atom. The Kier molecular flexibility index (Phi) is 6.74. The van der Waals surface area contributed by atoms with Crippen LogP contribution in [-0.4, -0.2) is 48.7 Å². The molecule has 0 spiro atoms. The lowest BCUT2D eigenvalue weighted by Gasteiger charge is -2.21. The first-order valence-corrected chi connectivity index (χ1v) is 8.85. The number of anilines is 1. The number of methoxy groups -OCH3 is 1. The van der Waals surface area contributed by atoms with Crippen LogP contribution >= 0.6 is 34.8 Å². The number of hydrogen-bond donors (Lipinski definition) is 1. The Balaban J connectivity index is 2.36. The van der Waals surface area contributed by atoms with Crippen LogP contribution in [0.2, 0.25) is 0 Å². The molecule has 1 heterocycles. The van der Waals surface area contributed by atoms with Crippen molar-refractivity contribution in [2.75, 3.05) is 33.1 Å². The molecule has 0 saturated carbocycles. The zero-order valence-corrected chi connectivity index (χ0v) is 16.8. The average Bonchev–Trinajstić information content (AvgIpc) is 2.58. The van der Waals surface area contributed by atoms with Crippen molar-refractivity contribution < 1.29 is 4.74 Å². The van der Waals surface area contributed by atoms with Gasteiger partial charge in [-0.15, -0.1) is 0 Å². The second-order valence-corrected chi connectivity index (χ2v) is 8.16. The molecule has 0 aliphatic heterocycles. The van der Waals surface area contributed by atoms with E-state index >= 15 is 0 Å². The maximum atomic E-state index is 6.04. The molecule has 1 aromatic heterocycles. The van der Waals surface area contributed by atoms with Gasteiger partial charge in [0.15, 0.2) is 0 Å². The highest BCUT2D eigenvalue weighted by atomic mass is 35.6. The second kappa shape index (κ2) is 8.41. The van der Waals surface area contributed by atoms with Crippen LogP contribution in [-0.2, 0) is 3.79 Å². The molecule has 2 rings (SSSR count). The van der Waals surface area contributed by atoms with Crippen LogP contribution in [0.3, 0.4) is 0 Å². The van der Waals surface area contributed by atoms with Crippen molar-refractivity contribution >= 4 is 40.8 Å². The van der Waals surface area contributed by atoms with Gasteiger partial charge in [-0.2, -0.15) is 0 Å². The highest BCUT2D eigenvalue weighted by Crippen LogP contribution is 2.38. The Labute approximate surface area is 163 Å². The van der Waals surface area contributed by atoms with Gasteiger partial charge < -0.3 is 15.0 Å². The number of nitrogens with one attached hydrogen (secondary N) is 1. The molecule has 0 aliphatic rings. The van der Waals surface area contributed by atoms with Crippen LogP contribution in [0, 0.1) is 0 Å². The minimum Gasteiger partial charge on any atom is -0.497 e. The molecule has 25 heavy (non-hydrogen) atoms. The molecule has 0 amide bonds. The number of benzene rings is 1. The van der Waals surface area contributed by atoms with Gasteiger partial charge in [-0.05, 0) is 51.4 Å². The van der Waals surface area contributed by atoms with Crippen LogP contribution in [0.25, 0.3) is 11.3 Å². The highest BCUT2D eigenvalue weighted by Gasteiger charge is 2.26. The third-order valence-corrected chi connectivity index (χ3v) is 4.42. The van der Waals surface area contributed by atoms with E-state index < -0.39 is 3.79 Å². The first-order chi connectivity index (χ1) is 11.7. The molecule has 5 nitrogen and oxygen atoms in total. The minimum absolute atomic E-state index is 0.296. The van der Waals surface area contributed by atoms with Gasteiger partial charge in [-0.3, -0.25) is 0 Å². The molecule has 1 unspecified atom stereocenters. The molecule has 0 saturated heterocycles. The molecule has 0 radical (unpaired) electrons. The van der Waals surface area contributed by atoms with Gasteiger partial charge in [-0.1, -0.05) is 34.8 Å². The topological polar surface area (TPSA) is 50.3 Å². The molecule has 1 atom stereocenters. The fraction of sp³-hybridized carbons (Fsp3) is 0.412. The van der Waals surface area contributed by atoms with Gasteiger partial charge >= 0.3 is 0 Å². The predicted octanol–water partition coefficient (Wildman–Crippen LogP) is 4.34. The lowest BCUT2D eigenvalue weighted by atomic mass is 10.1. The first-order valence-electron chi connectivity index (χ1n) is 7.71. The molecule has 2 aromatic rings. The molecule has 1 N–H and O–H groups in total. The molecule has 0 fully saturated rings. The van der Waals surface area contributed by atoms with Crippen molar-refractivity contribution in [1.29, 1.82) is 0 Å². The van der Waals surface area contributed by atoms with E-state index in [9.17, 15) is 0 Å². The number of nitrogens with zero attached hydrogens (tertiary/aromatic N) is 3. The molecule has 0 aliphatic carbocycles. The van der Waals surface area contributed by atoms with Crippen LogP contribution in [0.5, 0.6) is 5.75 Å². The summed E-state index contributed by atoms with van der Waals surface area (Å²) in [6.45, 7) is 2.76. The molecular weight excluding hydrogens is 383 g/mol. The monoisotopic (exact) mass is 402 g/mol. The zero-order valence-electron chi connectivity index (χ0n) is 14.6. The van der Waals surface area contributed by atoms with Gasteiger partial charge in [0.2, 0.25) is 9.74 Å². The Hall–Kier alpha value is -1.27. The van der Waals surface area contributed by atoms with E-state index in [4.69, 9.17) is 39.5 Å². The zero-order chi connectivity index (χ0) is 18.6. The van der Waals surface area contributed by atoms with Crippen LogP contribution in [0.4, 0.5) is 5.95 Å². The van der Waals surface area contributed by atoms with E-state index in [1.165, 1.54) is 0 Å². The predicted molar refractivity (Wildman–Crippen MR) is 105 cm³/mol. The Bertz CT molecular complexity index is 702. The quantitative estimate of drug-likeness (QED) is 0.727. The van der Waals surface area contributed by atoms with Crippen LogP contribution in [0.1, 0.15) is 12.6 Å². The summed E-state index contributed by atoms with van der Waals surface area (Å²) in [6.07, 6.45) is 0. The van der Waals surface area contributed by atoms with E-state index in [2.05, 4.69) is 27.1 Å². The lowest BCUT2D eigenvalue weighted by molar-refractivity contribution is 0.325. The van der Waals surface area contributed by atoms with Crippen molar-refractivity contribution in [1.82, 2.24) is 14.9 Å². The van der Waals surface area contributed by atoms with Crippen LogP contribution < -0.4 is 10.1 Å². The van der Waals surface area contributed by atoms with Crippen LogP contribution in [0.15, 0.2) is 30.3 Å². The Morgan fingerprint density at radius 1 is 1.16 bits per heavy atom. The third-order valence-electron chi connectivity index (χ3n) is 3.84. The van der Waals surface area contributed by atoms with Crippen molar-refractivity contribution in [3.63, 3.8) is 0 Å². The number of likely N-dealkylation sites (N-methyl/N-ethyl adjacent to an activating group) is 1. The number of ether oxygens (including phenoxy) is 1. The van der Waals surface area contributed by atoms with Gasteiger partial charge in [0.1, 0.15) is 5.75 Å². The summed E-state index contributed by atoms with van der Waals surface area (Å²) >= 11 is 18.1. The maximum absolute atomic E-state index is 6.04. The number of aromatic nitrogens is 2. The summed E-state index contributed by atoms with van der Waals surface area (Å²) in [5, 5.41) is 3.21. The van der Waals surface area contributed by atoms with E-state index in [0.717, 1.165) is 11.3 Å². The fourth-order valence-electron chi connectivity index (χ4n) is 2.00.